The molecule has 3 aromatic carbocycles. The second-order valence-corrected chi connectivity index (χ2v) is 10.6. The van der Waals surface area contributed by atoms with E-state index < -0.39 is 49.4 Å². The molecule has 0 spiro atoms. The van der Waals surface area contributed by atoms with E-state index in [0.29, 0.717) is 22.6 Å². The number of aliphatic hydroxyl groups is 4. The van der Waals surface area contributed by atoms with Crippen LogP contribution in [0.5, 0.6) is 40.2 Å². The van der Waals surface area contributed by atoms with Crippen LogP contribution < -0.4 is 14.2 Å². The molecule has 3 aromatic rings. The number of hydrogen-bond donors (Lipinski definition) is 6. The number of aromatic hydroxyl groups is 4. The van der Waals surface area contributed by atoms with E-state index in [1.165, 1.54) is 63.8 Å². The Morgan fingerprint density at radius 3 is 2.21 bits per heavy atom. The van der Waals surface area contributed by atoms with E-state index in [0.717, 1.165) is 6.08 Å². The summed E-state index contributed by atoms with van der Waals surface area (Å²) in [5.41, 5.74) is 1.29. The molecule has 2 aliphatic rings. The Bertz CT molecular complexity index is 1620. The lowest BCUT2D eigenvalue weighted by Gasteiger charge is -2.40. The fourth-order valence-corrected chi connectivity index (χ4v) is 5.05. The predicted octanol–water partition coefficient (Wildman–Crippen LogP) is 2.25. The molecule has 14 heteroatoms. The molecule has 1 saturated heterocycles. The summed E-state index contributed by atoms with van der Waals surface area (Å²) in [5, 5.41) is 62.8. The van der Waals surface area contributed by atoms with Crippen molar-refractivity contribution in [2.75, 3.05) is 27.9 Å². The van der Waals surface area contributed by atoms with Crippen LogP contribution in [0.2, 0.25) is 0 Å². The van der Waals surface area contributed by atoms with E-state index in [2.05, 4.69) is 0 Å². The summed E-state index contributed by atoms with van der Waals surface area (Å²) in [6, 6.07) is 12.1. The van der Waals surface area contributed by atoms with E-state index in [1.807, 2.05) is 0 Å². The van der Waals surface area contributed by atoms with Gasteiger partial charge in [0.15, 0.2) is 17.3 Å². The van der Waals surface area contributed by atoms with Gasteiger partial charge >= 0.3 is 5.97 Å². The zero-order valence-corrected chi connectivity index (χ0v) is 25.5. The molecule has 0 aromatic heterocycles. The van der Waals surface area contributed by atoms with Gasteiger partial charge in [0.25, 0.3) is 11.9 Å². The smallest absolute Gasteiger partial charge is 0.330 e. The monoisotopic (exact) mass is 655 g/mol. The number of esters is 1. The van der Waals surface area contributed by atoms with E-state index >= 15 is 0 Å². The normalized spacial score (nSPS) is 23.7. The molecule has 0 radical (unpaired) electrons. The molecule has 2 heterocycles. The second kappa shape index (κ2) is 14.1. The minimum atomic E-state index is -1.76. The maximum absolute atomic E-state index is 12.4. The lowest BCUT2D eigenvalue weighted by molar-refractivity contribution is -0.296. The number of methoxy groups -OCH3 is 3. The van der Waals surface area contributed by atoms with E-state index in [9.17, 15) is 35.4 Å². The topological polar surface area (TPSA) is 207 Å². The van der Waals surface area contributed by atoms with Gasteiger partial charge in [0, 0.05) is 18.2 Å². The summed E-state index contributed by atoms with van der Waals surface area (Å²) >= 11 is 0. The quantitative estimate of drug-likeness (QED) is 0.105. The summed E-state index contributed by atoms with van der Waals surface area (Å²) in [6.45, 7) is -0.508. The van der Waals surface area contributed by atoms with Gasteiger partial charge in [-0.2, -0.15) is 0 Å². The zero-order valence-electron chi connectivity index (χ0n) is 25.5. The number of hydrogen-bond acceptors (Lipinski definition) is 13. The molecule has 0 aliphatic carbocycles. The van der Waals surface area contributed by atoms with Crippen molar-refractivity contribution < 1.29 is 68.6 Å². The largest absolute Gasteiger partial charge is 0.571 e. The first-order chi connectivity index (χ1) is 22.5. The molecule has 47 heavy (non-hydrogen) atoms. The van der Waals surface area contributed by atoms with Crippen molar-refractivity contribution in [2.45, 2.75) is 36.8 Å². The number of carbonyl (C=O) groups excluding carboxylic acids is 1. The Hall–Kier alpha value is -5.15. The number of rotatable bonds is 10. The van der Waals surface area contributed by atoms with Crippen molar-refractivity contribution in [3.8, 4) is 40.2 Å². The second-order valence-electron chi connectivity index (χ2n) is 10.6. The molecule has 6 atom stereocenters. The van der Waals surface area contributed by atoms with Gasteiger partial charge in [-0.3, -0.25) is 0 Å². The maximum atomic E-state index is 12.4. The molecule has 1 unspecified atom stereocenters. The highest BCUT2D eigenvalue weighted by atomic mass is 16.7. The van der Waals surface area contributed by atoms with Crippen LogP contribution in [0.15, 0.2) is 60.4 Å². The summed E-state index contributed by atoms with van der Waals surface area (Å²) in [6.07, 6.45) is -5.02. The molecule has 7 N–H and O–H groups in total. The molecule has 5 rings (SSSR count). The minimum absolute atomic E-state index is 0.0352. The number of benzene rings is 3. The van der Waals surface area contributed by atoms with Crippen molar-refractivity contribution in [3.05, 3.63) is 77.1 Å². The minimum Gasteiger partial charge on any atom is -0.571 e. The van der Waals surface area contributed by atoms with Gasteiger partial charge in [0.2, 0.25) is 12.0 Å². The lowest BCUT2D eigenvalue weighted by Crippen LogP contribution is -2.59. The molecule has 2 aliphatic heterocycles. The van der Waals surface area contributed by atoms with Crippen molar-refractivity contribution in [1.29, 1.82) is 0 Å². The highest BCUT2D eigenvalue weighted by molar-refractivity contribution is 5.87. The number of ether oxygens (including phenoxy) is 7. The first kappa shape index (κ1) is 33.2. The van der Waals surface area contributed by atoms with Crippen LogP contribution in [0.3, 0.4) is 0 Å². The van der Waals surface area contributed by atoms with Crippen LogP contribution in [0.4, 0.5) is 0 Å². The van der Waals surface area contributed by atoms with Crippen molar-refractivity contribution in [3.63, 3.8) is 0 Å². The van der Waals surface area contributed by atoms with E-state index in [-0.39, 0.29) is 40.1 Å². The van der Waals surface area contributed by atoms with Crippen LogP contribution in [0.1, 0.15) is 22.8 Å². The Morgan fingerprint density at radius 2 is 1.57 bits per heavy atom. The summed E-state index contributed by atoms with van der Waals surface area (Å²) in [5.74, 6) is -0.306. The van der Waals surface area contributed by atoms with Crippen LogP contribution in [0, 0.1) is 0 Å². The standard InChI is InChI=1S/C33H34O14/c1-41-19-12-21(35)20-14-25(32(45-22(20)13-19)17-10-23(42-2)28(37)24(11-17)43-3)46-33-31(40)30(39)29(38)26(47-33)15-44-27(36)9-6-16-4-7-18(34)8-5-16/h4-14,26,29-35,37-40H,15H2,1-3H3/p+1/b9-6+/t26-,29-,30+,31-,32?,33-/m1/s1. The first-order valence-electron chi connectivity index (χ1n) is 14.3. The van der Waals surface area contributed by atoms with Crippen LogP contribution >= 0.6 is 0 Å². The number of carbonyl (C=O) groups is 1. The molecule has 250 valence electrons. The average Bonchev–Trinajstić information content (AvgIpc) is 3.07. The zero-order chi connectivity index (χ0) is 33.8. The Balaban J connectivity index is 1.41. The Kier molecular flexibility index (Phi) is 9.96. The number of phenols is 3. The van der Waals surface area contributed by atoms with Gasteiger partial charge < -0.3 is 63.8 Å². The maximum Gasteiger partial charge on any atom is 0.330 e. The highest BCUT2D eigenvalue weighted by Crippen LogP contribution is 2.48. The average molecular weight is 656 g/mol. The lowest BCUT2D eigenvalue weighted by atomic mass is 9.98. The Labute approximate surface area is 268 Å². The van der Waals surface area contributed by atoms with Crippen LogP contribution in [0.25, 0.3) is 12.2 Å². The molecule has 0 bridgehead atoms. The number of phenolic OH excluding ortho intramolecular Hbond substituents is 3. The fourth-order valence-electron chi connectivity index (χ4n) is 5.05. The van der Waals surface area contributed by atoms with Gasteiger partial charge in [-0.05, 0) is 35.9 Å². The number of fused-ring (bicyclic) bond motifs is 1. The molecular weight excluding hydrogens is 620 g/mol. The van der Waals surface area contributed by atoms with Crippen molar-refractivity contribution in [1.82, 2.24) is 0 Å². The fraction of sp³-hybridized carbons (Fsp3) is 0.303. The predicted molar refractivity (Wildman–Crippen MR) is 164 cm³/mol. The third-order valence-electron chi connectivity index (χ3n) is 7.60. The first-order valence-corrected chi connectivity index (χ1v) is 14.3. The number of aliphatic hydroxyl groups excluding tert-OH is 3. The third-order valence-corrected chi connectivity index (χ3v) is 7.60. The van der Waals surface area contributed by atoms with Crippen LogP contribution in [-0.2, 0) is 19.0 Å². The highest BCUT2D eigenvalue weighted by Gasteiger charge is 2.47. The van der Waals surface area contributed by atoms with E-state index in [1.54, 1.807) is 18.2 Å². The van der Waals surface area contributed by atoms with Gasteiger partial charge in [-0.25, -0.2) is 4.79 Å². The molecular formula is C33H35O14+. The van der Waals surface area contributed by atoms with Gasteiger partial charge in [0.1, 0.15) is 53.8 Å². The molecule has 0 saturated carbocycles. The summed E-state index contributed by atoms with van der Waals surface area (Å²) in [7, 11) is 4.15. The van der Waals surface area contributed by atoms with Gasteiger partial charge in [0.05, 0.1) is 33.0 Å². The molecule has 14 nitrogen and oxygen atoms in total. The third kappa shape index (κ3) is 7.15. The van der Waals surface area contributed by atoms with Crippen molar-refractivity contribution >= 4 is 18.1 Å². The van der Waals surface area contributed by atoms with Crippen molar-refractivity contribution in [2.24, 2.45) is 0 Å². The Morgan fingerprint density at radius 1 is 0.894 bits per heavy atom. The molecule has 0 amide bonds. The molecule has 1 fully saturated rings. The SMILES string of the molecule is COc1cc(O)c2c(c1)[OH+]C(c1cc(OC)c(O)c(OC)c1)C(O[C@@H]1O[C@H](COC(=O)/C=C/c3ccc(O)cc3)[C@@H](O)[C@H](O)[C@H]1O)=C2. The van der Waals surface area contributed by atoms with Gasteiger partial charge in [-0.1, -0.05) is 12.1 Å². The summed E-state index contributed by atoms with van der Waals surface area (Å²) in [4.78, 5) is 12.4. The summed E-state index contributed by atoms with van der Waals surface area (Å²) < 4.78 is 37.7. The van der Waals surface area contributed by atoms with E-state index in [4.69, 9.17) is 33.2 Å². The van der Waals surface area contributed by atoms with Crippen LogP contribution in [-0.4, -0.2) is 100.0 Å². The van der Waals surface area contributed by atoms with Gasteiger partial charge in [-0.15, -0.1) is 0 Å².